The summed E-state index contributed by atoms with van der Waals surface area (Å²) in [6.07, 6.45) is 5.13. The van der Waals surface area contributed by atoms with Crippen molar-refractivity contribution in [2.75, 3.05) is 32.8 Å². The summed E-state index contributed by atoms with van der Waals surface area (Å²) in [6.45, 7) is 3.64. The molecule has 3 aromatic rings. The van der Waals surface area contributed by atoms with Gasteiger partial charge in [-0.25, -0.2) is 9.59 Å². The molecule has 34 heavy (non-hydrogen) atoms. The molecule has 1 aliphatic rings. The summed E-state index contributed by atoms with van der Waals surface area (Å²) in [5.74, 6) is 0.304. The summed E-state index contributed by atoms with van der Waals surface area (Å²) >= 11 is 0. The van der Waals surface area contributed by atoms with Crippen LogP contribution in [0.15, 0.2) is 67.1 Å². The summed E-state index contributed by atoms with van der Waals surface area (Å²) < 4.78 is 11.2. The van der Waals surface area contributed by atoms with E-state index in [-0.39, 0.29) is 11.7 Å². The predicted octanol–water partition coefficient (Wildman–Crippen LogP) is 3.11. The van der Waals surface area contributed by atoms with Gasteiger partial charge in [0.15, 0.2) is 0 Å². The van der Waals surface area contributed by atoms with Gasteiger partial charge >= 0.3 is 12.1 Å². The first-order chi connectivity index (χ1) is 16.6. The lowest BCUT2D eigenvalue weighted by Crippen LogP contribution is -2.49. The number of amides is 1. The Kier molecular flexibility index (Phi) is 7.67. The Morgan fingerprint density at radius 3 is 2.29 bits per heavy atom. The number of carbonyl (C=O) groups excluding carboxylic acids is 1. The zero-order chi connectivity index (χ0) is 23.8. The van der Waals surface area contributed by atoms with Crippen molar-refractivity contribution in [3.05, 3.63) is 83.9 Å². The highest BCUT2D eigenvalue weighted by molar-refractivity contribution is 5.87. The van der Waals surface area contributed by atoms with Gasteiger partial charge in [-0.3, -0.25) is 14.9 Å². The Balaban J connectivity index is 1.19. The highest BCUT2D eigenvalue weighted by atomic mass is 16.6. The quantitative estimate of drug-likeness (QED) is 0.545. The number of piperazine rings is 1. The molecule has 0 radical (unpaired) electrons. The average molecular weight is 463 g/mol. The molecule has 9 nitrogen and oxygen atoms in total. The zero-order valence-electron chi connectivity index (χ0n) is 18.7. The number of hydrogen-bond acceptors (Lipinski definition) is 7. The smallest absolute Gasteiger partial charge is 0.415 e. The Hall–Kier alpha value is -3.98. The van der Waals surface area contributed by atoms with Gasteiger partial charge in [0, 0.05) is 57.7 Å². The zero-order valence-corrected chi connectivity index (χ0v) is 18.7. The standard InChI is InChI=1S/C25H26N4O5/c30-24(31)20-3-4-21(27-17-20)18-28-12-14-29(15-13-28)25(32)34-23-5-1-19(2-6-23)9-16-33-22-7-10-26-11-8-22/h1-8,10-11,17H,9,12-16,18H2,(H,30,31). The number of ether oxygens (including phenoxy) is 2. The minimum Gasteiger partial charge on any atom is -0.493 e. The van der Waals surface area contributed by atoms with Crippen LogP contribution in [0.4, 0.5) is 4.79 Å². The number of nitrogens with zero attached hydrogens (tertiary/aromatic N) is 4. The van der Waals surface area contributed by atoms with E-state index in [0.717, 1.165) is 23.4 Å². The molecule has 2 aromatic heterocycles. The van der Waals surface area contributed by atoms with Crippen LogP contribution in [-0.2, 0) is 13.0 Å². The number of pyridine rings is 2. The maximum Gasteiger partial charge on any atom is 0.415 e. The molecule has 0 bridgehead atoms. The van der Waals surface area contributed by atoms with E-state index < -0.39 is 5.97 Å². The molecule has 176 valence electrons. The van der Waals surface area contributed by atoms with Gasteiger partial charge in [0.2, 0.25) is 0 Å². The molecule has 0 spiro atoms. The molecule has 0 atom stereocenters. The van der Waals surface area contributed by atoms with Crippen molar-refractivity contribution in [1.82, 2.24) is 19.8 Å². The van der Waals surface area contributed by atoms with Gasteiger partial charge < -0.3 is 19.5 Å². The molecule has 1 saturated heterocycles. The van der Waals surface area contributed by atoms with Crippen molar-refractivity contribution in [2.45, 2.75) is 13.0 Å². The number of hydrogen-bond donors (Lipinski definition) is 1. The van der Waals surface area contributed by atoms with Crippen LogP contribution in [0.3, 0.4) is 0 Å². The molecular weight excluding hydrogens is 436 g/mol. The third-order valence-corrected chi connectivity index (χ3v) is 5.53. The number of rotatable bonds is 8. The lowest BCUT2D eigenvalue weighted by Gasteiger charge is -2.33. The molecule has 1 aliphatic heterocycles. The molecule has 4 rings (SSSR count). The number of benzene rings is 1. The van der Waals surface area contributed by atoms with Crippen molar-refractivity contribution in [3.63, 3.8) is 0 Å². The summed E-state index contributed by atoms with van der Waals surface area (Å²) in [5.41, 5.74) is 2.06. The van der Waals surface area contributed by atoms with E-state index in [2.05, 4.69) is 14.9 Å². The minimum absolute atomic E-state index is 0.169. The third-order valence-electron chi connectivity index (χ3n) is 5.53. The van der Waals surface area contributed by atoms with Crippen LogP contribution >= 0.6 is 0 Å². The van der Waals surface area contributed by atoms with E-state index in [1.54, 1.807) is 41.6 Å². The first kappa shape index (κ1) is 23.2. The Bertz CT molecular complexity index is 1080. The van der Waals surface area contributed by atoms with Gasteiger partial charge in [0.1, 0.15) is 11.5 Å². The highest BCUT2D eigenvalue weighted by Gasteiger charge is 2.23. The first-order valence-corrected chi connectivity index (χ1v) is 11.1. The maximum absolute atomic E-state index is 12.5. The lowest BCUT2D eigenvalue weighted by molar-refractivity contribution is 0.0696. The van der Waals surface area contributed by atoms with Crippen molar-refractivity contribution >= 4 is 12.1 Å². The molecule has 0 unspecified atom stereocenters. The second-order valence-electron chi connectivity index (χ2n) is 7.90. The van der Waals surface area contributed by atoms with Crippen LogP contribution in [0, 0.1) is 0 Å². The molecule has 1 amide bonds. The Morgan fingerprint density at radius 1 is 0.912 bits per heavy atom. The first-order valence-electron chi connectivity index (χ1n) is 11.1. The van der Waals surface area contributed by atoms with E-state index in [1.165, 1.54) is 6.20 Å². The van der Waals surface area contributed by atoms with Gasteiger partial charge in [-0.15, -0.1) is 0 Å². The van der Waals surface area contributed by atoms with Crippen LogP contribution in [0.2, 0.25) is 0 Å². The van der Waals surface area contributed by atoms with Crippen LogP contribution in [0.5, 0.6) is 11.5 Å². The van der Waals surface area contributed by atoms with Gasteiger partial charge in [-0.05, 0) is 42.0 Å². The maximum atomic E-state index is 12.5. The third kappa shape index (κ3) is 6.52. The fraction of sp³-hybridized carbons (Fsp3) is 0.280. The summed E-state index contributed by atoms with van der Waals surface area (Å²) in [4.78, 5) is 35.5. The fourth-order valence-corrected chi connectivity index (χ4v) is 3.57. The van der Waals surface area contributed by atoms with Gasteiger partial charge in [0.05, 0.1) is 17.9 Å². The molecule has 0 aliphatic carbocycles. The van der Waals surface area contributed by atoms with Crippen molar-refractivity contribution in [3.8, 4) is 11.5 Å². The molecule has 0 saturated carbocycles. The molecule has 1 N–H and O–H groups in total. The highest BCUT2D eigenvalue weighted by Crippen LogP contribution is 2.16. The Morgan fingerprint density at radius 2 is 1.65 bits per heavy atom. The van der Waals surface area contributed by atoms with E-state index in [1.807, 2.05) is 24.3 Å². The van der Waals surface area contributed by atoms with Crippen LogP contribution in [0.1, 0.15) is 21.6 Å². The van der Waals surface area contributed by atoms with E-state index in [4.69, 9.17) is 14.6 Å². The molecule has 1 fully saturated rings. The summed E-state index contributed by atoms with van der Waals surface area (Å²) in [5, 5.41) is 8.96. The Labute approximate surface area is 197 Å². The van der Waals surface area contributed by atoms with Crippen molar-refractivity contribution in [1.29, 1.82) is 0 Å². The van der Waals surface area contributed by atoms with Gasteiger partial charge in [0.25, 0.3) is 0 Å². The van der Waals surface area contributed by atoms with Crippen molar-refractivity contribution in [2.24, 2.45) is 0 Å². The minimum atomic E-state index is -0.990. The van der Waals surface area contributed by atoms with Gasteiger partial charge in [-0.1, -0.05) is 12.1 Å². The molecule has 3 heterocycles. The number of aromatic carboxylic acids is 1. The van der Waals surface area contributed by atoms with E-state index in [0.29, 0.717) is 45.1 Å². The SMILES string of the molecule is O=C(O)c1ccc(CN2CCN(C(=O)Oc3ccc(CCOc4ccncc4)cc3)CC2)nc1. The topological polar surface area (TPSA) is 105 Å². The van der Waals surface area contributed by atoms with Gasteiger partial charge in [-0.2, -0.15) is 0 Å². The lowest BCUT2D eigenvalue weighted by atomic mass is 10.1. The van der Waals surface area contributed by atoms with Crippen molar-refractivity contribution < 1.29 is 24.2 Å². The largest absolute Gasteiger partial charge is 0.493 e. The number of carboxylic acid groups (broad SMARTS) is 1. The van der Waals surface area contributed by atoms with Crippen LogP contribution in [0.25, 0.3) is 0 Å². The van der Waals surface area contributed by atoms with E-state index in [9.17, 15) is 9.59 Å². The van der Waals surface area contributed by atoms with E-state index >= 15 is 0 Å². The number of carboxylic acids is 1. The molecule has 9 heteroatoms. The average Bonchev–Trinajstić information content (AvgIpc) is 2.86. The normalized spacial score (nSPS) is 13.9. The summed E-state index contributed by atoms with van der Waals surface area (Å²) in [7, 11) is 0. The van der Waals surface area contributed by atoms with Crippen LogP contribution in [-0.4, -0.2) is 69.7 Å². The molecular formula is C25H26N4O5. The predicted molar refractivity (Wildman–Crippen MR) is 124 cm³/mol. The van der Waals surface area contributed by atoms with Crippen LogP contribution < -0.4 is 9.47 Å². The molecule has 1 aromatic carbocycles. The second-order valence-corrected chi connectivity index (χ2v) is 7.90. The monoisotopic (exact) mass is 462 g/mol. The second kappa shape index (κ2) is 11.2. The number of carbonyl (C=O) groups is 2. The summed E-state index contributed by atoms with van der Waals surface area (Å²) in [6, 6.07) is 14.4. The fourth-order valence-electron chi connectivity index (χ4n) is 3.57. The number of aromatic nitrogens is 2.